The van der Waals surface area contributed by atoms with Crippen molar-refractivity contribution in [1.82, 2.24) is 55.6 Å². The van der Waals surface area contributed by atoms with Gasteiger partial charge in [0.1, 0.15) is 41.8 Å². The number of alkyl halides is 3. The lowest BCUT2D eigenvalue weighted by Crippen LogP contribution is -2.64. The molecule has 3 saturated carbocycles. The molecule has 2 heterocycles. The van der Waals surface area contributed by atoms with Gasteiger partial charge in [0.25, 0.3) is 0 Å². The normalized spacial score (nSPS) is 26.8. The number of carbonyl (C=O) groups is 11. The molecule has 5 fully saturated rings. The van der Waals surface area contributed by atoms with Crippen molar-refractivity contribution in [2.45, 2.75) is 217 Å². The van der Waals surface area contributed by atoms with Gasteiger partial charge in [0, 0.05) is 61.3 Å². The fourth-order valence-electron chi connectivity index (χ4n) is 13.7. The van der Waals surface area contributed by atoms with Crippen molar-refractivity contribution >= 4 is 76.6 Å². The van der Waals surface area contributed by atoms with Crippen LogP contribution in [0.5, 0.6) is 0 Å². The minimum absolute atomic E-state index is 0.0380. The molecule has 2 saturated heterocycles. The van der Waals surface area contributed by atoms with Crippen molar-refractivity contribution in [2.75, 3.05) is 68.5 Å². The van der Waals surface area contributed by atoms with E-state index in [2.05, 4.69) is 21.3 Å². The zero-order chi connectivity index (χ0) is 67.4. The van der Waals surface area contributed by atoms with E-state index in [1.165, 1.54) is 72.9 Å². The molecule has 2 aliphatic heterocycles. The Labute approximate surface area is 539 Å². The molecule has 22 nitrogen and oxygen atoms in total. The summed E-state index contributed by atoms with van der Waals surface area (Å²) in [6.07, 6.45) is 4.58. The molecule has 4 N–H and O–H groups in total. The number of nitrogens with one attached hydrogen (secondary N) is 4. The molecule has 5 aliphatic rings. The number of halogens is 4. The Hall–Kier alpha value is -6.53. The fraction of sp³-hybridized carbons (Fsp3) is 0.738. The standard InChI is InChI=1S/C65H99ClF3N11O11/c1-39(2)31-50-57(85)72-48(34-42-21-17-22-42)60(88)76(8)37-54(83)74(6)38-55(84)78(10)51(35-43-19-13-12-14-20-43)62(90)75(7)36-52(81)71-47(27-25-44-24-26-45(46(66)33-44)65(67,68)69)61(89)80-30-18-23-49(80)58(86)73-64(28-15-16-29-64)63(91)79(11)56(40(3)4)59(87)70-41(5)32-53(82)77(50)9/h24,26,33,39-43,47-51,56H,12-23,25,27-32,34-38H2,1-11H3,(H,70,87)(H,71,81)(H,72,85)(H,73,86)/t41-,47+,48+,49+,50+,51+,56+/m1/s1. The molecule has 0 aromatic heterocycles. The van der Waals surface area contributed by atoms with E-state index in [4.69, 9.17) is 11.6 Å². The zero-order valence-electron chi connectivity index (χ0n) is 55.2. The summed E-state index contributed by atoms with van der Waals surface area (Å²) in [6, 6.07) is -4.47. The Balaban J connectivity index is 1.35. The fourth-order valence-corrected chi connectivity index (χ4v) is 14.0. The molecule has 6 rings (SSSR count). The average molecular weight is 1300 g/mol. The third-order valence-corrected chi connectivity index (χ3v) is 19.6. The van der Waals surface area contributed by atoms with Crippen LogP contribution in [0.25, 0.3) is 0 Å². The van der Waals surface area contributed by atoms with Crippen LogP contribution in [-0.2, 0) is 65.3 Å². The van der Waals surface area contributed by atoms with E-state index in [0.717, 1.165) is 73.3 Å². The smallest absolute Gasteiger partial charge is 0.351 e. The number of amides is 11. The molecular formula is C65H99ClF3N11O11. The summed E-state index contributed by atoms with van der Waals surface area (Å²) in [4.78, 5) is 168. The molecule has 3 aliphatic carbocycles. The van der Waals surface area contributed by atoms with Crippen LogP contribution in [0.1, 0.15) is 168 Å². The molecule has 0 bridgehead atoms. The number of carbonyl (C=O) groups excluding carboxylic acids is 11. The lowest BCUT2D eigenvalue weighted by atomic mass is 9.80. The maximum absolute atomic E-state index is 15.0. The van der Waals surface area contributed by atoms with E-state index in [1.807, 2.05) is 13.8 Å². The predicted molar refractivity (Wildman–Crippen MR) is 335 cm³/mol. The van der Waals surface area contributed by atoms with E-state index in [9.17, 15) is 61.1 Å². The van der Waals surface area contributed by atoms with Gasteiger partial charge in [0.05, 0.1) is 30.2 Å². The molecule has 26 heteroatoms. The molecule has 508 valence electrons. The van der Waals surface area contributed by atoms with E-state index < -0.39 is 155 Å². The first-order valence-electron chi connectivity index (χ1n) is 32.6. The lowest BCUT2D eigenvalue weighted by Gasteiger charge is -2.39. The van der Waals surface area contributed by atoms with Gasteiger partial charge in [-0.3, -0.25) is 52.7 Å². The van der Waals surface area contributed by atoms with Gasteiger partial charge in [0.2, 0.25) is 65.0 Å². The first-order chi connectivity index (χ1) is 42.7. The van der Waals surface area contributed by atoms with Crippen LogP contribution < -0.4 is 21.3 Å². The maximum atomic E-state index is 15.0. The van der Waals surface area contributed by atoms with Gasteiger partial charge < -0.3 is 55.6 Å². The van der Waals surface area contributed by atoms with Crippen LogP contribution in [-0.4, -0.2) is 216 Å². The van der Waals surface area contributed by atoms with Gasteiger partial charge in [-0.25, -0.2) is 0 Å². The second-order valence-corrected chi connectivity index (χ2v) is 27.7. The first kappa shape index (κ1) is 73.5. The predicted octanol–water partition coefficient (Wildman–Crippen LogP) is 5.31. The number of fused-ring (bicyclic) bond motifs is 1. The average Bonchev–Trinajstić information content (AvgIpc) is 1.77. The molecule has 0 radical (unpaired) electrons. The highest BCUT2D eigenvalue weighted by Crippen LogP contribution is 2.37. The van der Waals surface area contributed by atoms with Gasteiger partial charge >= 0.3 is 6.18 Å². The van der Waals surface area contributed by atoms with Gasteiger partial charge in [-0.05, 0) is 106 Å². The van der Waals surface area contributed by atoms with E-state index in [0.29, 0.717) is 24.8 Å². The summed E-state index contributed by atoms with van der Waals surface area (Å²) in [5.41, 5.74) is -2.24. The Kier molecular flexibility index (Phi) is 26.1. The van der Waals surface area contributed by atoms with Gasteiger partial charge in [-0.2, -0.15) is 13.2 Å². The van der Waals surface area contributed by atoms with Crippen LogP contribution in [0.15, 0.2) is 18.2 Å². The van der Waals surface area contributed by atoms with Crippen molar-refractivity contribution < 1.29 is 65.9 Å². The minimum atomic E-state index is -4.74. The summed E-state index contributed by atoms with van der Waals surface area (Å²) in [5, 5.41) is 11.0. The number of nitrogens with zero attached hydrogens (tertiary/aromatic N) is 7. The number of aryl methyl sites for hydroxylation is 1. The SMILES string of the molecule is CC(C)C[C@H]1C(=O)N[C@@H](CC2CCC2)C(=O)N(C)CC(=O)N(C)CC(=O)N(C)[C@@H](CC2CCCCC2)C(=O)N(C)CC(=O)N[C@@H](CCc2ccc(C(F)(F)F)c(Cl)c2)C(=O)N2CCC[C@H]2C(=O)NC2(CCCC2)C(=O)N(C)[C@@H](C(C)C)C(=O)N[C@H](C)CC(=O)N1C. The van der Waals surface area contributed by atoms with Crippen molar-refractivity contribution in [1.29, 1.82) is 0 Å². The van der Waals surface area contributed by atoms with Crippen LogP contribution in [0.3, 0.4) is 0 Å². The Morgan fingerprint density at radius 2 is 1.21 bits per heavy atom. The zero-order valence-corrected chi connectivity index (χ0v) is 55.9. The molecule has 1 spiro atoms. The van der Waals surface area contributed by atoms with Crippen LogP contribution >= 0.6 is 11.6 Å². The van der Waals surface area contributed by atoms with Gasteiger partial charge in [-0.1, -0.05) is 110 Å². The quantitative estimate of drug-likeness (QED) is 0.234. The highest BCUT2D eigenvalue weighted by atomic mass is 35.5. The molecule has 11 amide bonds. The molecule has 91 heavy (non-hydrogen) atoms. The maximum Gasteiger partial charge on any atom is 0.417 e. The highest BCUT2D eigenvalue weighted by Gasteiger charge is 2.50. The molecule has 7 atom stereocenters. The summed E-state index contributed by atoms with van der Waals surface area (Å²) in [5.74, 6) is -7.08. The van der Waals surface area contributed by atoms with Gasteiger partial charge in [0.15, 0.2) is 0 Å². The molecule has 0 unspecified atom stereocenters. The van der Waals surface area contributed by atoms with Crippen molar-refractivity contribution in [3.63, 3.8) is 0 Å². The number of likely N-dealkylation sites (N-methyl/N-ethyl adjacent to an activating group) is 6. The second-order valence-electron chi connectivity index (χ2n) is 27.3. The number of hydrogen-bond donors (Lipinski definition) is 4. The third kappa shape index (κ3) is 19.3. The van der Waals surface area contributed by atoms with E-state index in [-0.39, 0.29) is 82.1 Å². The summed E-state index contributed by atoms with van der Waals surface area (Å²) in [7, 11) is 8.62. The number of rotatable bonds is 10. The Morgan fingerprint density at radius 1 is 0.604 bits per heavy atom. The topological polar surface area (TPSA) is 259 Å². The van der Waals surface area contributed by atoms with Crippen LogP contribution in [0.4, 0.5) is 13.2 Å². The summed E-state index contributed by atoms with van der Waals surface area (Å²) in [6.45, 7) is 7.43. The highest BCUT2D eigenvalue weighted by molar-refractivity contribution is 6.31. The molecule has 1 aromatic carbocycles. The largest absolute Gasteiger partial charge is 0.417 e. The summed E-state index contributed by atoms with van der Waals surface area (Å²) < 4.78 is 41.3. The Morgan fingerprint density at radius 3 is 1.80 bits per heavy atom. The summed E-state index contributed by atoms with van der Waals surface area (Å²) >= 11 is 6.11. The van der Waals surface area contributed by atoms with E-state index >= 15 is 4.79 Å². The first-order valence-corrected chi connectivity index (χ1v) is 33.0. The minimum Gasteiger partial charge on any atom is -0.351 e. The molecule has 1 aromatic rings. The van der Waals surface area contributed by atoms with Crippen molar-refractivity contribution in [3.8, 4) is 0 Å². The second kappa shape index (κ2) is 32.4. The van der Waals surface area contributed by atoms with Crippen LogP contribution in [0, 0.1) is 23.7 Å². The third-order valence-electron chi connectivity index (χ3n) is 19.3. The monoisotopic (exact) mass is 1300 g/mol. The lowest BCUT2D eigenvalue weighted by molar-refractivity contribution is -0.149. The van der Waals surface area contributed by atoms with Crippen molar-refractivity contribution in [3.05, 3.63) is 34.3 Å². The van der Waals surface area contributed by atoms with Crippen LogP contribution in [0.2, 0.25) is 5.02 Å². The number of hydrogen-bond acceptors (Lipinski definition) is 11. The van der Waals surface area contributed by atoms with E-state index in [1.54, 1.807) is 20.8 Å². The Bertz CT molecular complexity index is 2810. The number of benzene rings is 1. The van der Waals surface area contributed by atoms with Gasteiger partial charge in [-0.15, -0.1) is 0 Å². The molecular weight excluding hydrogens is 1200 g/mol. The van der Waals surface area contributed by atoms with Crippen molar-refractivity contribution in [2.24, 2.45) is 23.7 Å².